The average Bonchev–Trinajstić information content (AvgIpc) is 3.53. The molecule has 1 heterocycles. The van der Waals surface area contributed by atoms with Crippen molar-refractivity contribution in [2.75, 3.05) is 41.3 Å². The van der Waals surface area contributed by atoms with Crippen molar-refractivity contribution in [1.29, 1.82) is 0 Å². The van der Waals surface area contributed by atoms with E-state index in [1.165, 1.54) is 40.1 Å². The number of carbonyl (C=O) groups is 1. The zero-order chi connectivity index (χ0) is 30.0. The number of aromatic nitrogens is 1. The number of benzene rings is 3. The lowest BCUT2D eigenvalue weighted by atomic mass is 9.95. The number of nitrogens with two attached hydrogens (primary N) is 1. The molecule has 5 rings (SSSR count). The molecule has 1 fully saturated rings. The van der Waals surface area contributed by atoms with Gasteiger partial charge < -0.3 is 34.2 Å². The lowest BCUT2D eigenvalue weighted by Crippen LogP contribution is -2.27. The smallest absolute Gasteiger partial charge is 0.355 e. The molecule has 1 aliphatic rings. The normalized spacial score (nSPS) is 13.2. The fourth-order valence-corrected chi connectivity index (χ4v) is 5.52. The number of hydrogen-bond donors (Lipinski definition) is 1. The molecule has 4 aromatic rings. The summed E-state index contributed by atoms with van der Waals surface area (Å²) in [6.45, 7) is 0. The average molecular weight is 575 g/mol. The third kappa shape index (κ3) is 5.04. The molecule has 0 atom stereocenters. The Morgan fingerprint density at radius 2 is 1.38 bits per heavy atom. The number of nitrogen functional groups attached to an aromatic ring is 1. The van der Waals surface area contributed by atoms with Crippen LogP contribution in [0.5, 0.6) is 28.7 Å². The van der Waals surface area contributed by atoms with Gasteiger partial charge in [-0.15, -0.1) is 0 Å². The zero-order valence-corrected chi connectivity index (χ0v) is 24.3. The number of carbonyl (C=O) groups excluding carboxylic acids is 1. The summed E-state index contributed by atoms with van der Waals surface area (Å²) in [5.41, 5.74) is 7.37. The number of pyridine rings is 1. The molecule has 0 saturated heterocycles. The summed E-state index contributed by atoms with van der Waals surface area (Å²) in [6, 6.07) is 13.5. The molecule has 1 saturated carbocycles. The Bertz CT molecular complexity index is 1660. The minimum absolute atomic E-state index is 0.00558. The summed E-state index contributed by atoms with van der Waals surface area (Å²) in [4.78, 5) is 27.9. The molecule has 0 amide bonds. The summed E-state index contributed by atoms with van der Waals surface area (Å²) >= 11 is 0. The van der Waals surface area contributed by atoms with E-state index in [1.54, 1.807) is 48.5 Å². The van der Waals surface area contributed by atoms with E-state index in [4.69, 9.17) is 34.2 Å². The first-order valence-electron chi connectivity index (χ1n) is 13.6. The van der Waals surface area contributed by atoms with Gasteiger partial charge in [-0.3, -0.25) is 9.36 Å². The van der Waals surface area contributed by atoms with Gasteiger partial charge in [-0.1, -0.05) is 0 Å². The van der Waals surface area contributed by atoms with E-state index in [9.17, 15) is 9.59 Å². The van der Waals surface area contributed by atoms with Crippen LogP contribution in [0.3, 0.4) is 0 Å². The Morgan fingerprint density at radius 3 is 1.93 bits per heavy atom. The number of nitrogens with zero attached hydrogens (tertiary/aromatic N) is 1. The molecular formula is C32H34N2O8. The van der Waals surface area contributed by atoms with E-state index in [0.29, 0.717) is 62.0 Å². The highest BCUT2D eigenvalue weighted by molar-refractivity contribution is 6.08. The lowest BCUT2D eigenvalue weighted by molar-refractivity contribution is 0.0591. The van der Waals surface area contributed by atoms with Crippen molar-refractivity contribution in [2.24, 2.45) is 0 Å². The van der Waals surface area contributed by atoms with E-state index >= 15 is 0 Å². The van der Waals surface area contributed by atoms with Crippen LogP contribution >= 0.6 is 0 Å². The van der Waals surface area contributed by atoms with Crippen molar-refractivity contribution in [3.63, 3.8) is 0 Å². The molecule has 0 spiro atoms. The van der Waals surface area contributed by atoms with Gasteiger partial charge in [0.15, 0.2) is 23.0 Å². The highest BCUT2D eigenvalue weighted by Crippen LogP contribution is 2.45. The molecule has 220 valence electrons. The Balaban J connectivity index is 1.96. The minimum atomic E-state index is -0.719. The van der Waals surface area contributed by atoms with Crippen molar-refractivity contribution in [2.45, 2.75) is 31.8 Å². The minimum Gasteiger partial charge on any atom is -0.493 e. The van der Waals surface area contributed by atoms with Crippen molar-refractivity contribution in [3.05, 3.63) is 64.6 Å². The molecule has 42 heavy (non-hydrogen) atoms. The monoisotopic (exact) mass is 574 g/mol. The standard InChI is InChI=1S/C32H34N2O8/c1-37-24-17-23-22(16-25(24)42-21-8-6-7-9-21)28(18-14-26(38-2)30(40-4)27(15-18)39-3)29(32(36)41-5)34(31(23)35)20-12-10-19(33)11-13-20/h10-17,21H,6-9,33H2,1-5H3. The second-order valence-corrected chi connectivity index (χ2v) is 9.93. The van der Waals surface area contributed by atoms with Crippen LogP contribution in [0, 0.1) is 0 Å². The second kappa shape index (κ2) is 11.9. The summed E-state index contributed by atoms with van der Waals surface area (Å²) in [6.07, 6.45) is 4.03. The highest BCUT2D eigenvalue weighted by atomic mass is 16.5. The Morgan fingerprint density at radius 1 is 0.786 bits per heavy atom. The molecule has 10 heteroatoms. The summed E-state index contributed by atoms with van der Waals surface area (Å²) in [5.74, 6) is 1.30. The molecule has 3 aromatic carbocycles. The van der Waals surface area contributed by atoms with Gasteiger partial charge in [-0.05, 0) is 79.8 Å². The third-order valence-electron chi connectivity index (χ3n) is 7.55. The van der Waals surface area contributed by atoms with Gasteiger partial charge in [-0.2, -0.15) is 0 Å². The van der Waals surface area contributed by atoms with Gasteiger partial charge in [0.2, 0.25) is 5.75 Å². The largest absolute Gasteiger partial charge is 0.493 e. The predicted octanol–water partition coefficient (Wildman–Crippen LogP) is 5.38. The van der Waals surface area contributed by atoms with Crippen LogP contribution in [0.1, 0.15) is 36.2 Å². The van der Waals surface area contributed by atoms with Crippen molar-refractivity contribution in [3.8, 4) is 45.6 Å². The van der Waals surface area contributed by atoms with Crippen LogP contribution in [0.2, 0.25) is 0 Å². The molecular weight excluding hydrogens is 540 g/mol. The van der Waals surface area contributed by atoms with Crippen LogP contribution in [0.15, 0.2) is 53.3 Å². The van der Waals surface area contributed by atoms with E-state index in [2.05, 4.69) is 0 Å². The molecule has 1 aromatic heterocycles. The SMILES string of the molecule is COC(=O)c1c(-c2cc(OC)c(OC)c(OC)c2)c2cc(OC3CCCC3)c(OC)cc2c(=O)n1-c1ccc(N)cc1. The number of anilines is 1. The summed E-state index contributed by atoms with van der Waals surface area (Å²) in [7, 11) is 7.33. The zero-order valence-electron chi connectivity index (χ0n) is 24.3. The van der Waals surface area contributed by atoms with Crippen LogP contribution in [0.25, 0.3) is 27.6 Å². The fraction of sp³-hybridized carbons (Fsp3) is 0.312. The Labute approximate surface area is 243 Å². The highest BCUT2D eigenvalue weighted by Gasteiger charge is 2.29. The van der Waals surface area contributed by atoms with Crippen LogP contribution in [-0.4, -0.2) is 52.2 Å². The van der Waals surface area contributed by atoms with Crippen molar-refractivity contribution >= 4 is 22.4 Å². The van der Waals surface area contributed by atoms with Gasteiger partial charge in [0, 0.05) is 22.3 Å². The van der Waals surface area contributed by atoms with E-state index in [1.807, 2.05) is 0 Å². The van der Waals surface area contributed by atoms with Gasteiger partial charge in [0.25, 0.3) is 5.56 Å². The molecule has 2 N–H and O–H groups in total. The number of esters is 1. The first-order valence-corrected chi connectivity index (χ1v) is 13.6. The number of fused-ring (bicyclic) bond motifs is 1. The van der Waals surface area contributed by atoms with Gasteiger partial charge >= 0.3 is 5.97 Å². The van der Waals surface area contributed by atoms with Crippen molar-refractivity contribution < 1.29 is 33.2 Å². The quantitative estimate of drug-likeness (QED) is 0.207. The molecule has 10 nitrogen and oxygen atoms in total. The maximum atomic E-state index is 14.3. The molecule has 1 aliphatic carbocycles. The number of hydrogen-bond acceptors (Lipinski definition) is 9. The van der Waals surface area contributed by atoms with Crippen LogP contribution < -0.4 is 35.0 Å². The fourth-order valence-electron chi connectivity index (χ4n) is 5.52. The number of ether oxygens (including phenoxy) is 6. The van der Waals surface area contributed by atoms with E-state index in [0.717, 1.165) is 25.7 Å². The maximum absolute atomic E-state index is 14.3. The number of methoxy groups -OCH3 is 5. The van der Waals surface area contributed by atoms with E-state index < -0.39 is 11.5 Å². The van der Waals surface area contributed by atoms with E-state index in [-0.39, 0.29) is 11.8 Å². The first-order chi connectivity index (χ1) is 20.3. The summed E-state index contributed by atoms with van der Waals surface area (Å²) in [5, 5.41) is 0.772. The van der Waals surface area contributed by atoms with Crippen LogP contribution in [-0.2, 0) is 4.74 Å². The molecule has 0 unspecified atom stereocenters. The lowest BCUT2D eigenvalue weighted by Gasteiger charge is -2.22. The predicted molar refractivity (Wildman–Crippen MR) is 160 cm³/mol. The van der Waals surface area contributed by atoms with Gasteiger partial charge in [0.05, 0.1) is 47.0 Å². The van der Waals surface area contributed by atoms with Gasteiger partial charge in [0.1, 0.15) is 5.69 Å². The van der Waals surface area contributed by atoms with Crippen LogP contribution in [0.4, 0.5) is 5.69 Å². The maximum Gasteiger partial charge on any atom is 0.355 e. The molecule has 0 aliphatic heterocycles. The number of rotatable bonds is 9. The van der Waals surface area contributed by atoms with Gasteiger partial charge in [-0.25, -0.2) is 4.79 Å². The Kier molecular flexibility index (Phi) is 8.15. The summed E-state index contributed by atoms with van der Waals surface area (Å²) < 4.78 is 35.5. The second-order valence-electron chi connectivity index (χ2n) is 9.93. The topological polar surface area (TPSA) is 120 Å². The first kappa shape index (κ1) is 28.7. The molecule has 0 radical (unpaired) electrons. The molecule has 0 bridgehead atoms. The Hall–Kier alpha value is -4.86. The third-order valence-corrected chi connectivity index (χ3v) is 7.55. The van der Waals surface area contributed by atoms with Crippen molar-refractivity contribution in [1.82, 2.24) is 4.57 Å².